The predicted octanol–water partition coefficient (Wildman–Crippen LogP) is 3.28. The molecular weight excluding hydrogens is 330 g/mol. The summed E-state index contributed by atoms with van der Waals surface area (Å²) in [7, 11) is 1.61. The van der Waals surface area contributed by atoms with Crippen LogP contribution >= 0.6 is 0 Å². The molecule has 0 spiro atoms. The van der Waals surface area contributed by atoms with Gasteiger partial charge in [-0.15, -0.1) is 0 Å². The Labute approximate surface area is 149 Å². The van der Waals surface area contributed by atoms with Gasteiger partial charge >= 0.3 is 0 Å². The zero-order chi connectivity index (χ0) is 17.9. The average Bonchev–Trinajstić information content (AvgIpc) is 3.15. The zero-order valence-electron chi connectivity index (χ0n) is 13.9. The molecule has 1 amide bonds. The quantitative estimate of drug-likeness (QED) is 0.592. The predicted molar refractivity (Wildman–Crippen MR) is 98.1 cm³/mol. The highest BCUT2D eigenvalue weighted by atomic mass is 16.5. The standard InChI is InChI=1S/C19H15N5O2/c1-26-17-9-5-2-6-12(17)15-10-18(24-23-15)22-19(25)16-11-20-13-7-3-4-8-14(13)21-16/h2-11H,1H3,(H2,22,23,24,25). The molecule has 0 atom stereocenters. The summed E-state index contributed by atoms with van der Waals surface area (Å²) in [6, 6.07) is 16.7. The molecule has 0 saturated carbocycles. The van der Waals surface area contributed by atoms with Crippen molar-refractivity contribution >= 4 is 22.8 Å². The number of aromatic amines is 1. The van der Waals surface area contributed by atoms with Gasteiger partial charge in [-0.05, 0) is 24.3 Å². The number of hydrogen-bond donors (Lipinski definition) is 2. The Balaban J connectivity index is 1.57. The van der Waals surface area contributed by atoms with Crippen LogP contribution in [0.3, 0.4) is 0 Å². The van der Waals surface area contributed by atoms with E-state index >= 15 is 0 Å². The summed E-state index contributed by atoms with van der Waals surface area (Å²) < 4.78 is 5.35. The number of nitrogens with zero attached hydrogens (tertiary/aromatic N) is 3. The molecule has 2 aromatic carbocycles. The van der Waals surface area contributed by atoms with E-state index in [1.807, 2.05) is 48.5 Å². The van der Waals surface area contributed by atoms with Gasteiger partial charge in [-0.1, -0.05) is 24.3 Å². The smallest absolute Gasteiger partial charge is 0.277 e. The first-order valence-corrected chi connectivity index (χ1v) is 7.96. The Morgan fingerprint density at radius 3 is 2.69 bits per heavy atom. The van der Waals surface area contributed by atoms with Gasteiger partial charge in [0, 0.05) is 11.6 Å². The van der Waals surface area contributed by atoms with Gasteiger partial charge in [0.1, 0.15) is 11.4 Å². The highest BCUT2D eigenvalue weighted by Gasteiger charge is 2.13. The topological polar surface area (TPSA) is 92.8 Å². The van der Waals surface area contributed by atoms with E-state index in [9.17, 15) is 4.79 Å². The lowest BCUT2D eigenvalue weighted by atomic mass is 10.1. The van der Waals surface area contributed by atoms with Crippen LogP contribution in [0.5, 0.6) is 5.75 Å². The van der Waals surface area contributed by atoms with E-state index in [1.165, 1.54) is 6.20 Å². The maximum absolute atomic E-state index is 12.4. The fourth-order valence-electron chi connectivity index (χ4n) is 2.64. The summed E-state index contributed by atoms with van der Waals surface area (Å²) in [6.45, 7) is 0. The number of carbonyl (C=O) groups excluding carboxylic acids is 1. The van der Waals surface area contributed by atoms with E-state index in [2.05, 4.69) is 25.5 Å². The summed E-state index contributed by atoms with van der Waals surface area (Å²) in [6.07, 6.45) is 1.45. The highest BCUT2D eigenvalue weighted by molar-refractivity contribution is 6.03. The second kappa shape index (κ2) is 6.64. The van der Waals surface area contributed by atoms with Crippen LogP contribution in [-0.4, -0.2) is 33.2 Å². The largest absolute Gasteiger partial charge is 0.496 e. The van der Waals surface area contributed by atoms with Gasteiger partial charge in [0.05, 0.1) is 30.0 Å². The molecule has 2 aromatic heterocycles. The molecule has 7 heteroatoms. The van der Waals surface area contributed by atoms with Crippen molar-refractivity contribution in [2.24, 2.45) is 0 Å². The van der Waals surface area contributed by atoms with Gasteiger partial charge in [0.2, 0.25) is 0 Å². The number of H-pyrrole nitrogens is 1. The molecule has 0 radical (unpaired) electrons. The molecule has 2 heterocycles. The summed E-state index contributed by atoms with van der Waals surface area (Å²) in [5.74, 6) is 0.738. The lowest BCUT2D eigenvalue weighted by Gasteiger charge is -2.05. The third-order valence-electron chi connectivity index (χ3n) is 3.90. The Hall–Kier alpha value is -3.74. The molecule has 2 N–H and O–H groups in total. The first-order chi connectivity index (χ1) is 12.7. The van der Waals surface area contributed by atoms with Crippen LogP contribution in [0.15, 0.2) is 60.8 Å². The summed E-state index contributed by atoms with van der Waals surface area (Å²) in [4.78, 5) is 21.0. The molecule has 26 heavy (non-hydrogen) atoms. The number of fused-ring (bicyclic) bond motifs is 1. The molecule has 128 valence electrons. The van der Waals surface area contributed by atoms with Gasteiger partial charge in [-0.2, -0.15) is 5.10 Å². The minimum atomic E-state index is -0.374. The third kappa shape index (κ3) is 2.98. The van der Waals surface area contributed by atoms with Crippen LogP contribution < -0.4 is 10.1 Å². The number of para-hydroxylation sites is 3. The van der Waals surface area contributed by atoms with Gasteiger partial charge in [0.15, 0.2) is 5.82 Å². The van der Waals surface area contributed by atoms with Gasteiger partial charge in [-0.25, -0.2) is 4.98 Å². The lowest BCUT2D eigenvalue weighted by Crippen LogP contribution is -2.14. The number of benzene rings is 2. The molecule has 0 aliphatic heterocycles. The Bertz CT molecular complexity index is 1090. The first kappa shape index (κ1) is 15.8. The Kier molecular flexibility index (Phi) is 4.03. The maximum atomic E-state index is 12.4. The Morgan fingerprint density at radius 2 is 1.85 bits per heavy atom. The highest BCUT2D eigenvalue weighted by Crippen LogP contribution is 2.29. The molecule has 0 fully saturated rings. The van der Waals surface area contributed by atoms with Crippen molar-refractivity contribution in [2.75, 3.05) is 12.4 Å². The number of aromatic nitrogens is 4. The van der Waals surface area contributed by atoms with E-state index < -0.39 is 0 Å². The van der Waals surface area contributed by atoms with Crippen molar-refractivity contribution in [3.63, 3.8) is 0 Å². The molecule has 7 nitrogen and oxygen atoms in total. The van der Waals surface area contributed by atoms with E-state index in [-0.39, 0.29) is 11.6 Å². The summed E-state index contributed by atoms with van der Waals surface area (Å²) >= 11 is 0. The van der Waals surface area contributed by atoms with Gasteiger partial charge in [-0.3, -0.25) is 14.9 Å². The average molecular weight is 345 g/mol. The first-order valence-electron chi connectivity index (χ1n) is 7.96. The minimum absolute atomic E-state index is 0.227. The number of ether oxygens (including phenoxy) is 1. The summed E-state index contributed by atoms with van der Waals surface area (Å²) in [5.41, 5.74) is 3.22. The number of nitrogens with one attached hydrogen (secondary N) is 2. The van der Waals surface area contributed by atoms with Crippen LogP contribution in [0.2, 0.25) is 0 Å². The van der Waals surface area contributed by atoms with Crippen LogP contribution in [0.4, 0.5) is 5.82 Å². The monoisotopic (exact) mass is 345 g/mol. The van der Waals surface area contributed by atoms with Crippen molar-refractivity contribution < 1.29 is 9.53 Å². The van der Waals surface area contributed by atoms with Crippen LogP contribution in [-0.2, 0) is 0 Å². The fourth-order valence-corrected chi connectivity index (χ4v) is 2.64. The second-order valence-corrected chi connectivity index (χ2v) is 5.57. The fraction of sp³-hybridized carbons (Fsp3) is 0.0526. The van der Waals surface area contributed by atoms with E-state index in [4.69, 9.17) is 4.74 Å². The molecule has 4 rings (SSSR count). The third-order valence-corrected chi connectivity index (χ3v) is 3.90. The van der Waals surface area contributed by atoms with Crippen LogP contribution in [0.1, 0.15) is 10.5 Å². The van der Waals surface area contributed by atoms with Gasteiger partial charge < -0.3 is 10.1 Å². The number of carbonyl (C=O) groups is 1. The van der Waals surface area contributed by atoms with E-state index in [0.717, 1.165) is 22.5 Å². The lowest BCUT2D eigenvalue weighted by molar-refractivity contribution is 0.102. The molecule has 4 aromatic rings. The van der Waals surface area contributed by atoms with Crippen molar-refractivity contribution in [1.29, 1.82) is 0 Å². The maximum Gasteiger partial charge on any atom is 0.277 e. The molecule has 0 aliphatic carbocycles. The number of rotatable bonds is 4. The number of methoxy groups -OCH3 is 1. The number of amides is 1. The molecule has 0 saturated heterocycles. The molecule has 0 unspecified atom stereocenters. The molecule has 0 bridgehead atoms. The normalized spacial score (nSPS) is 10.7. The second-order valence-electron chi connectivity index (χ2n) is 5.57. The minimum Gasteiger partial charge on any atom is -0.496 e. The van der Waals surface area contributed by atoms with Crippen molar-refractivity contribution in [2.45, 2.75) is 0 Å². The van der Waals surface area contributed by atoms with Crippen LogP contribution in [0, 0.1) is 0 Å². The van der Waals surface area contributed by atoms with Crippen molar-refractivity contribution in [3.05, 3.63) is 66.5 Å². The summed E-state index contributed by atoms with van der Waals surface area (Å²) in [5, 5.41) is 9.76. The van der Waals surface area contributed by atoms with Gasteiger partial charge in [0.25, 0.3) is 5.91 Å². The van der Waals surface area contributed by atoms with Crippen LogP contribution in [0.25, 0.3) is 22.3 Å². The Morgan fingerprint density at radius 1 is 1.08 bits per heavy atom. The number of hydrogen-bond acceptors (Lipinski definition) is 5. The molecular formula is C19H15N5O2. The van der Waals surface area contributed by atoms with Crippen molar-refractivity contribution in [1.82, 2.24) is 20.2 Å². The zero-order valence-corrected chi connectivity index (χ0v) is 13.9. The molecule has 0 aliphatic rings. The number of anilines is 1. The van der Waals surface area contributed by atoms with E-state index in [1.54, 1.807) is 13.2 Å². The SMILES string of the molecule is COc1ccccc1-c1cc(NC(=O)c2cnc3ccccc3n2)n[nH]1. The van der Waals surface area contributed by atoms with E-state index in [0.29, 0.717) is 11.3 Å². The van der Waals surface area contributed by atoms with Crippen molar-refractivity contribution in [3.8, 4) is 17.0 Å².